The zero-order chi connectivity index (χ0) is 11.0. The van der Waals surface area contributed by atoms with E-state index in [1.165, 1.54) is 58.4 Å². The van der Waals surface area contributed by atoms with Crippen molar-refractivity contribution in [1.29, 1.82) is 0 Å². The topological polar surface area (TPSA) is 15.3 Å². The van der Waals surface area contributed by atoms with Crippen LogP contribution in [0.2, 0.25) is 0 Å². The summed E-state index contributed by atoms with van der Waals surface area (Å²) in [5.41, 5.74) is 0. The number of nitrogens with one attached hydrogen (secondary N) is 1. The Bertz CT molecular complexity index is 221. The molecule has 3 aliphatic rings. The van der Waals surface area contributed by atoms with Crippen LogP contribution in [0.1, 0.15) is 32.6 Å². The second-order valence-electron chi connectivity index (χ2n) is 6.41. The summed E-state index contributed by atoms with van der Waals surface area (Å²) in [6.07, 6.45) is 6.12. The van der Waals surface area contributed by atoms with Crippen LogP contribution in [0.4, 0.5) is 0 Å². The van der Waals surface area contributed by atoms with E-state index in [1.54, 1.807) is 0 Å². The molecule has 0 radical (unpaired) electrons. The van der Waals surface area contributed by atoms with Gasteiger partial charge in [-0.2, -0.15) is 0 Å². The lowest BCUT2D eigenvalue weighted by molar-refractivity contribution is 0.198. The maximum atomic E-state index is 3.55. The third-order valence-corrected chi connectivity index (χ3v) is 4.59. The van der Waals surface area contributed by atoms with Crippen LogP contribution in [0.5, 0.6) is 0 Å². The van der Waals surface area contributed by atoms with Crippen molar-refractivity contribution in [3.05, 3.63) is 0 Å². The highest BCUT2D eigenvalue weighted by Crippen LogP contribution is 2.49. The fourth-order valence-corrected chi connectivity index (χ4v) is 3.38. The van der Waals surface area contributed by atoms with Crippen molar-refractivity contribution in [3.63, 3.8) is 0 Å². The fraction of sp³-hybridized carbons (Fsp3) is 1.00. The minimum atomic E-state index is 0.835. The summed E-state index contributed by atoms with van der Waals surface area (Å²) in [6.45, 7) is 8.81. The smallest absolute Gasteiger partial charge is 0.0107 e. The monoisotopic (exact) mass is 222 g/mol. The van der Waals surface area contributed by atoms with Crippen LogP contribution in [0.25, 0.3) is 0 Å². The lowest BCUT2D eigenvalue weighted by atomic mass is 9.97. The first-order valence-corrected chi connectivity index (χ1v) is 7.26. The molecule has 0 aromatic carbocycles. The van der Waals surface area contributed by atoms with Crippen molar-refractivity contribution < 1.29 is 0 Å². The standard InChI is InChI=1S/C14H26N2/c1-11-8-15-6-7-16(9-11)10-14(12-2-3-12)13-4-5-13/h11-15H,2-10H2,1H3. The SMILES string of the molecule is CC1CNCCN(CC(C2CC2)C2CC2)C1. The highest BCUT2D eigenvalue weighted by molar-refractivity contribution is 4.93. The van der Waals surface area contributed by atoms with Crippen LogP contribution in [0.3, 0.4) is 0 Å². The predicted octanol–water partition coefficient (Wildman–Crippen LogP) is 1.96. The minimum Gasteiger partial charge on any atom is -0.315 e. The molecule has 3 fully saturated rings. The van der Waals surface area contributed by atoms with Crippen LogP contribution in [-0.4, -0.2) is 37.6 Å². The van der Waals surface area contributed by atoms with Gasteiger partial charge in [0.1, 0.15) is 0 Å². The van der Waals surface area contributed by atoms with Gasteiger partial charge in [0.2, 0.25) is 0 Å². The van der Waals surface area contributed by atoms with E-state index in [0.29, 0.717) is 0 Å². The molecule has 1 heterocycles. The Morgan fingerprint density at radius 3 is 2.50 bits per heavy atom. The zero-order valence-corrected chi connectivity index (χ0v) is 10.6. The Morgan fingerprint density at radius 2 is 1.88 bits per heavy atom. The number of nitrogens with zero attached hydrogens (tertiary/aromatic N) is 1. The second-order valence-corrected chi connectivity index (χ2v) is 6.41. The first-order chi connectivity index (χ1) is 7.83. The van der Waals surface area contributed by atoms with Crippen LogP contribution in [-0.2, 0) is 0 Å². The van der Waals surface area contributed by atoms with Gasteiger partial charge in [-0.15, -0.1) is 0 Å². The first kappa shape index (κ1) is 11.0. The van der Waals surface area contributed by atoms with Crippen LogP contribution >= 0.6 is 0 Å². The Balaban J connectivity index is 1.54. The Labute approximate surface area is 99.8 Å². The largest absolute Gasteiger partial charge is 0.315 e. The van der Waals surface area contributed by atoms with Crippen molar-refractivity contribution in [3.8, 4) is 0 Å². The zero-order valence-electron chi connectivity index (χ0n) is 10.6. The summed E-state index contributed by atoms with van der Waals surface area (Å²) < 4.78 is 0. The lowest BCUT2D eigenvalue weighted by Crippen LogP contribution is -2.35. The normalized spacial score (nSPS) is 33.0. The summed E-state index contributed by atoms with van der Waals surface area (Å²) in [6, 6.07) is 0. The minimum absolute atomic E-state index is 0.835. The molecule has 0 aromatic rings. The molecule has 1 N–H and O–H groups in total. The van der Waals surface area contributed by atoms with Crippen molar-refractivity contribution in [2.45, 2.75) is 32.6 Å². The highest BCUT2D eigenvalue weighted by atomic mass is 15.2. The molecular formula is C14H26N2. The molecule has 0 spiro atoms. The maximum Gasteiger partial charge on any atom is 0.0107 e. The van der Waals surface area contributed by atoms with Crippen LogP contribution in [0.15, 0.2) is 0 Å². The van der Waals surface area contributed by atoms with Gasteiger partial charge in [0.25, 0.3) is 0 Å². The summed E-state index contributed by atoms with van der Waals surface area (Å²) in [5.74, 6) is 4.12. The van der Waals surface area contributed by atoms with Gasteiger partial charge in [0, 0.05) is 26.2 Å². The third-order valence-electron chi connectivity index (χ3n) is 4.59. The second kappa shape index (κ2) is 4.66. The molecule has 92 valence electrons. The van der Waals surface area contributed by atoms with Gasteiger partial charge in [-0.3, -0.25) is 0 Å². The number of hydrogen-bond donors (Lipinski definition) is 1. The molecule has 1 aliphatic heterocycles. The molecular weight excluding hydrogens is 196 g/mol. The van der Waals surface area contributed by atoms with E-state index >= 15 is 0 Å². The van der Waals surface area contributed by atoms with E-state index in [9.17, 15) is 0 Å². The van der Waals surface area contributed by atoms with Gasteiger partial charge in [-0.05, 0) is 55.9 Å². The number of hydrogen-bond acceptors (Lipinski definition) is 2. The highest BCUT2D eigenvalue weighted by Gasteiger charge is 2.41. The molecule has 3 rings (SSSR count). The average molecular weight is 222 g/mol. The molecule has 1 unspecified atom stereocenters. The quantitative estimate of drug-likeness (QED) is 0.782. The van der Waals surface area contributed by atoms with Crippen molar-refractivity contribution in [2.75, 3.05) is 32.7 Å². The number of rotatable bonds is 4. The van der Waals surface area contributed by atoms with E-state index in [4.69, 9.17) is 0 Å². The van der Waals surface area contributed by atoms with Gasteiger partial charge in [-0.25, -0.2) is 0 Å². The van der Waals surface area contributed by atoms with Crippen molar-refractivity contribution >= 4 is 0 Å². The summed E-state index contributed by atoms with van der Waals surface area (Å²) in [4.78, 5) is 2.74. The van der Waals surface area contributed by atoms with Gasteiger partial charge in [-0.1, -0.05) is 6.92 Å². The molecule has 2 saturated carbocycles. The summed E-state index contributed by atoms with van der Waals surface area (Å²) in [7, 11) is 0. The van der Waals surface area contributed by atoms with E-state index in [0.717, 1.165) is 23.7 Å². The van der Waals surface area contributed by atoms with Gasteiger partial charge < -0.3 is 10.2 Å². The molecule has 1 atom stereocenters. The van der Waals surface area contributed by atoms with Crippen LogP contribution < -0.4 is 5.32 Å². The van der Waals surface area contributed by atoms with E-state index < -0.39 is 0 Å². The summed E-state index contributed by atoms with van der Waals surface area (Å²) in [5, 5.41) is 3.55. The van der Waals surface area contributed by atoms with Gasteiger partial charge in [0.15, 0.2) is 0 Å². The van der Waals surface area contributed by atoms with E-state index in [-0.39, 0.29) is 0 Å². The molecule has 0 bridgehead atoms. The molecule has 1 saturated heterocycles. The molecule has 2 nitrogen and oxygen atoms in total. The Kier molecular flexibility index (Phi) is 3.21. The maximum absolute atomic E-state index is 3.55. The summed E-state index contributed by atoms with van der Waals surface area (Å²) >= 11 is 0. The van der Waals surface area contributed by atoms with Crippen molar-refractivity contribution in [1.82, 2.24) is 10.2 Å². The Morgan fingerprint density at radius 1 is 1.19 bits per heavy atom. The molecule has 2 aliphatic carbocycles. The molecule has 0 aromatic heterocycles. The van der Waals surface area contributed by atoms with E-state index in [1.807, 2.05) is 0 Å². The molecule has 0 amide bonds. The third kappa shape index (κ3) is 2.78. The lowest BCUT2D eigenvalue weighted by Gasteiger charge is -2.27. The first-order valence-electron chi connectivity index (χ1n) is 7.26. The van der Waals surface area contributed by atoms with Gasteiger partial charge in [0.05, 0.1) is 0 Å². The average Bonchev–Trinajstić information content (AvgIpc) is 3.12. The van der Waals surface area contributed by atoms with Crippen molar-refractivity contribution in [2.24, 2.45) is 23.7 Å². The molecule has 16 heavy (non-hydrogen) atoms. The van der Waals surface area contributed by atoms with Crippen LogP contribution in [0, 0.1) is 23.7 Å². The Hall–Kier alpha value is -0.0800. The fourth-order valence-electron chi connectivity index (χ4n) is 3.38. The van der Waals surface area contributed by atoms with E-state index in [2.05, 4.69) is 17.1 Å². The molecule has 2 heteroatoms. The van der Waals surface area contributed by atoms with Gasteiger partial charge >= 0.3 is 0 Å². The predicted molar refractivity (Wildman–Crippen MR) is 67.4 cm³/mol.